The fourth-order valence-corrected chi connectivity index (χ4v) is 4.04. The summed E-state index contributed by atoms with van der Waals surface area (Å²) in [5.41, 5.74) is 1.17. The van der Waals surface area contributed by atoms with E-state index in [1.807, 2.05) is 0 Å². The van der Waals surface area contributed by atoms with Gasteiger partial charge >= 0.3 is 0 Å². The summed E-state index contributed by atoms with van der Waals surface area (Å²) in [6.07, 6.45) is 1.06. The monoisotopic (exact) mass is 422 g/mol. The first-order valence-electron chi connectivity index (χ1n) is 8.83. The van der Waals surface area contributed by atoms with Crippen molar-refractivity contribution in [3.8, 4) is 17.2 Å². The number of hydrogen-bond acceptors (Lipinski definition) is 6. The summed E-state index contributed by atoms with van der Waals surface area (Å²) in [4.78, 5) is 12.7. The Bertz CT molecular complexity index is 944. The van der Waals surface area contributed by atoms with E-state index in [0.29, 0.717) is 22.9 Å². The SMILES string of the molecule is COc1ccc(N(C(C)C(=O)NCc2ccc(OC)c(OC)c2)S(C)(=O)=O)cc1. The largest absolute Gasteiger partial charge is 0.497 e. The van der Waals surface area contributed by atoms with Gasteiger partial charge in [-0.05, 0) is 48.9 Å². The van der Waals surface area contributed by atoms with Crippen molar-refractivity contribution < 1.29 is 27.4 Å². The van der Waals surface area contributed by atoms with Crippen LogP contribution in [0.15, 0.2) is 42.5 Å². The molecule has 9 heteroatoms. The molecule has 0 spiro atoms. The standard InChI is InChI=1S/C20H26N2O6S/c1-14(22(29(5,24)25)16-7-9-17(26-2)10-8-16)20(23)21-13-15-6-11-18(27-3)19(12-15)28-4/h6-12,14H,13H2,1-5H3,(H,21,23). The molecule has 0 aliphatic heterocycles. The minimum absolute atomic E-state index is 0.212. The highest BCUT2D eigenvalue weighted by Gasteiger charge is 2.29. The van der Waals surface area contributed by atoms with Crippen molar-refractivity contribution in [1.82, 2.24) is 5.32 Å². The average Bonchev–Trinajstić information content (AvgIpc) is 2.71. The molecule has 0 aromatic heterocycles. The molecule has 2 aromatic rings. The second-order valence-electron chi connectivity index (χ2n) is 6.34. The Morgan fingerprint density at radius 2 is 1.62 bits per heavy atom. The highest BCUT2D eigenvalue weighted by molar-refractivity contribution is 7.92. The van der Waals surface area contributed by atoms with Gasteiger partial charge in [-0.25, -0.2) is 8.42 Å². The van der Waals surface area contributed by atoms with E-state index in [1.54, 1.807) is 49.6 Å². The molecule has 0 aliphatic rings. The summed E-state index contributed by atoms with van der Waals surface area (Å²) in [7, 11) is 0.903. The third kappa shape index (κ3) is 5.54. The van der Waals surface area contributed by atoms with Crippen LogP contribution in [0.5, 0.6) is 17.2 Å². The molecule has 1 N–H and O–H groups in total. The number of hydrogen-bond donors (Lipinski definition) is 1. The number of carbonyl (C=O) groups is 1. The van der Waals surface area contributed by atoms with Crippen LogP contribution >= 0.6 is 0 Å². The van der Waals surface area contributed by atoms with Crippen LogP contribution < -0.4 is 23.8 Å². The zero-order valence-electron chi connectivity index (χ0n) is 17.1. The Labute approximate surface area is 171 Å². The average molecular weight is 423 g/mol. The van der Waals surface area contributed by atoms with E-state index in [2.05, 4.69) is 5.32 Å². The molecule has 29 heavy (non-hydrogen) atoms. The second-order valence-corrected chi connectivity index (χ2v) is 8.20. The van der Waals surface area contributed by atoms with Gasteiger partial charge in [-0.3, -0.25) is 9.10 Å². The Morgan fingerprint density at radius 3 is 2.14 bits per heavy atom. The highest BCUT2D eigenvalue weighted by Crippen LogP contribution is 2.27. The Morgan fingerprint density at radius 1 is 1.00 bits per heavy atom. The fourth-order valence-electron chi connectivity index (χ4n) is 2.87. The predicted molar refractivity (Wildman–Crippen MR) is 111 cm³/mol. The number of rotatable bonds is 9. The van der Waals surface area contributed by atoms with Gasteiger partial charge in [-0.1, -0.05) is 6.07 Å². The van der Waals surface area contributed by atoms with Crippen molar-refractivity contribution in [2.75, 3.05) is 31.9 Å². The topological polar surface area (TPSA) is 94.2 Å². The summed E-state index contributed by atoms with van der Waals surface area (Å²) in [6, 6.07) is 10.8. The molecule has 0 aliphatic carbocycles. The lowest BCUT2D eigenvalue weighted by atomic mass is 10.2. The smallest absolute Gasteiger partial charge is 0.243 e. The minimum atomic E-state index is -3.69. The van der Waals surface area contributed by atoms with Crippen LogP contribution in [0.25, 0.3) is 0 Å². The van der Waals surface area contributed by atoms with E-state index in [9.17, 15) is 13.2 Å². The van der Waals surface area contributed by atoms with Gasteiger partial charge in [0.15, 0.2) is 11.5 Å². The first kappa shape index (κ1) is 22.4. The third-order valence-electron chi connectivity index (χ3n) is 4.33. The van der Waals surface area contributed by atoms with Gasteiger partial charge in [0.2, 0.25) is 15.9 Å². The molecular weight excluding hydrogens is 396 g/mol. The van der Waals surface area contributed by atoms with E-state index >= 15 is 0 Å². The normalized spacial score (nSPS) is 12.0. The Kier molecular flexibility index (Phi) is 7.33. The van der Waals surface area contributed by atoms with Gasteiger partial charge in [-0.15, -0.1) is 0 Å². The molecule has 0 saturated heterocycles. The molecule has 0 bridgehead atoms. The zero-order chi connectivity index (χ0) is 21.6. The summed E-state index contributed by atoms with van der Waals surface area (Å²) in [6.45, 7) is 1.75. The van der Waals surface area contributed by atoms with Crippen LogP contribution in [0, 0.1) is 0 Å². The van der Waals surface area contributed by atoms with Crippen molar-refractivity contribution in [3.05, 3.63) is 48.0 Å². The van der Waals surface area contributed by atoms with Crippen molar-refractivity contribution >= 4 is 21.6 Å². The molecule has 2 aromatic carbocycles. The van der Waals surface area contributed by atoms with Crippen LogP contribution in [0.3, 0.4) is 0 Å². The molecule has 2 rings (SSSR count). The first-order valence-corrected chi connectivity index (χ1v) is 10.7. The molecule has 0 saturated carbocycles. The number of sulfonamides is 1. The van der Waals surface area contributed by atoms with Crippen LogP contribution in [0.1, 0.15) is 12.5 Å². The lowest BCUT2D eigenvalue weighted by Gasteiger charge is -2.28. The van der Waals surface area contributed by atoms with Gasteiger partial charge < -0.3 is 19.5 Å². The fraction of sp³-hybridized carbons (Fsp3) is 0.350. The second kappa shape index (κ2) is 9.51. The molecule has 1 unspecified atom stereocenters. The zero-order valence-corrected chi connectivity index (χ0v) is 17.9. The summed E-state index contributed by atoms with van der Waals surface area (Å²) in [5.74, 6) is 1.29. The lowest BCUT2D eigenvalue weighted by Crippen LogP contribution is -2.47. The molecule has 0 radical (unpaired) electrons. The molecule has 1 amide bonds. The highest BCUT2D eigenvalue weighted by atomic mass is 32.2. The maximum Gasteiger partial charge on any atom is 0.243 e. The number of nitrogens with one attached hydrogen (secondary N) is 1. The van der Waals surface area contributed by atoms with Gasteiger partial charge in [0.05, 0.1) is 33.3 Å². The number of anilines is 1. The number of ether oxygens (including phenoxy) is 3. The van der Waals surface area contributed by atoms with E-state index in [4.69, 9.17) is 14.2 Å². The van der Waals surface area contributed by atoms with E-state index in [-0.39, 0.29) is 6.54 Å². The van der Waals surface area contributed by atoms with Crippen molar-refractivity contribution in [2.24, 2.45) is 0 Å². The van der Waals surface area contributed by atoms with Crippen LogP contribution in [-0.2, 0) is 21.4 Å². The first-order chi connectivity index (χ1) is 13.7. The molecule has 1 atom stereocenters. The van der Waals surface area contributed by atoms with E-state index < -0.39 is 22.0 Å². The number of amides is 1. The molecule has 0 heterocycles. The van der Waals surface area contributed by atoms with Crippen LogP contribution in [0.2, 0.25) is 0 Å². The quantitative estimate of drug-likeness (QED) is 0.666. The van der Waals surface area contributed by atoms with E-state index in [1.165, 1.54) is 21.1 Å². The number of methoxy groups -OCH3 is 3. The van der Waals surface area contributed by atoms with E-state index in [0.717, 1.165) is 16.1 Å². The maximum atomic E-state index is 12.7. The summed E-state index contributed by atoms with van der Waals surface area (Å²) in [5, 5.41) is 2.77. The Balaban J connectivity index is 2.17. The number of benzene rings is 2. The number of carbonyl (C=O) groups excluding carboxylic acids is 1. The van der Waals surface area contributed by atoms with Crippen molar-refractivity contribution in [2.45, 2.75) is 19.5 Å². The predicted octanol–water partition coefficient (Wildman–Crippen LogP) is 2.18. The van der Waals surface area contributed by atoms with Crippen LogP contribution in [-0.4, -0.2) is 48.0 Å². The summed E-state index contributed by atoms with van der Waals surface area (Å²) >= 11 is 0. The van der Waals surface area contributed by atoms with Gasteiger partial charge in [-0.2, -0.15) is 0 Å². The van der Waals surface area contributed by atoms with Gasteiger partial charge in [0.1, 0.15) is 11.8 Å². The van der Waals surface area contributed by atoms with Crippen LogP contribution in [0.4, 0.5) is 5.69 Å². The molecular formula is C20H26N2O6S. The van der Waals surface area contributed by atoms with Crippen molar-refractivity contribution in [1.29, 1.82) is 0 Å². The van der Waals surface area contributed by atoms with Crippen molar-refractivity contribution in [3.63, 3.8) is 0 Å². The summed E-state index contributed by atoms with van der Waals surface area (Å²) < 4.78 is 41.3. The third-order valence-corrected chi connectivity index (χ3v) is 5.57. The Hall–Kier alpha value is -2.94. The van der Waals surface area contributed by atoms with Gasteiger partial charge in [0.25, 0.3) is 0 Å². The lowest BCUT2D eigenvalue weighted by molar-refractivity contribution is -0.122. The maximum absolute atomic E-state index is 12.7. The molecule has 8 nitrogen and oxygen atoms in total. The van der Waals surface area contributed by atoms with Gasteiger partial charge in [0, 0.05) is 6.54 Å². The minimum Gasteiger partial charge on any atom is -0.497 e. The molecule has 158 valence electrons. The molecule has 0 fully saturated rings. The number of nitrogens with zero attached hydrogens (tertiary/aromatic N) is 1.